The molecule has 1 heteroatoms. The molecule has 2 aromatic carbocycles. The van der Waals surface area contributed by atoms with Crippen LogP contribution < -0.4 is 0 Å². The fourth-order valence-electron chi connectivity index (χ4n) is 1.63. The molecule has 0 radical (unpaired) electrons. The summed E-state index contributed by atoms with van der Waals surface area (Å²) in [6, 6.07) is 17.3. The van der Waals surface area contributed by atoms with Crippen LogP contribution in [0.25, 0.3) is 0 Å². The Hall–Kier alpha value is -1.21. The van der Waals surface area contributed by atoms with Gasteiger partial charge in [-0.05, 0) is 37.1 Å². The summed E-state index contributed by atoms with van der Waals surface area (Å²) in [5, 5.41) is 0. The van der Waals surface area contributed by atoms with E-state index in [1.807, 2.05) is 11.8 Å². The van der Waals surface area contributed by atoms with Crippen molar-refractivity contribution in [3.05, 3.63) is 59.7 Å². The van der Waals surface area contributed by atoms with E-state index in [9.17, 15) is 0 Å². The van der Waals surface area contributed by atoms with Gasteiger partial charge in [-0.1, -0.05) is 74.8 Å². The molecule has 0 aliphatic carbocycles. The fraction of sp³-hybridized carbons (Fsp3) is 0.333. The van der Waals surface area contributed by atoms with Gasteiger partial charge in [0.2, 0.25) is 0 Å². The summed E-state index contributed by atoms with van der Waals surface area (Å²) in [5.41, 5.74) is 2.74. The number of benzene rings is 2. The van der Waals surface area contributed by atoms with Gasteiger partial charge >= 0.3 is 0 Å². The number of hydrogen-bond donors (Lipinski definition) is 0. The van der Waals surface area contributed by atoms with Crippen molar-refractivity contribution in [2.75, 3.05) is 0 Å². The highest BCUT2D eigenvalue weighted by atomic mass is 32.2. The molecule has 102 valence electrons. The highest BCUT2D eigenvalue weighted by Gasteiger charge is 2.01. The van der Waals surface area contributed by atoms with Crippen molar-refractivity contribution in [3.63, 3.8) is 0 Å². The summed E-state index contributed by atoms with van der Waals surface area (Å²) in [5.74, 6) is 0. The summed E-state index contributed by atoms with van der Waals surface area (Å²) < 4.78 is 0. The van der Waals surface area contributed by atoms with E-state index in [1.54, 1.807) is 0 Å². The maximum Gasteiger partial charge on any atom is 0.0154 e. The maximum atomic E-state index is 2.20. The normalized spacial score (nSPS) is 9.68. The average Bonchev–Trinajstić information content (AvgIpc) is 2.43. The third kappa shape index (κ3) is 5.52. The first-order chi connectivity index (χ1) is 9.21. The minimum absolute atomic E-state index is 1.09. The minimum Gasteiger partial charge on any atom is -0.0898 e. The summed E-state index contributed by atoms with van der Waals surface area (Å²) >= 11 is 1.85. The van der Waals surface area contributed by atoms with E-state index in [2.05, 4.69) is 76.2 Å². The predicted octanol–water partition coefficient (Wildman–Crippen LogP) is 6.12. The molecule has 0 saturated heterocycles. The Bertz CT molecular complexity index is 471. The lowest BCUT2D eigenvalue weighted by molar-refractivity contribution is 1.08. The van der Waals surface area contributed by atoms with Gasteiger partial charge in [-0.15, -0.1) is 0 Å². The predicted molar refractivity (Wildman–Crippen MR) is 87.1 cm³/mol. The van der Waals surface area contributed by atoms with Crippen molar-refractivity contribution in [3.8, 4) is 0 Å². The first kappa shape index (κ1) is 15.8. The molecule has 0 bridgehead atoms. The Kier molecular flexibility index (Phi) is 7.35. The van der Waals surface area contributed by atoms with Crippen molar-refractivity contribution in [1.82, 2.24) is 0 Å². The van der Waals surface area contributed by atoms with E-state index in [4.69, 9.17) is 0 Å². The zero-order chi connectivity index (χ0) is 14.1. The van der Waals surface area contributed by atoms with Crippen molar-refractivity contribution in [1.29, 1.82) is 0 Å². The van der Waals surface area contributed by atoms with Crippen molar-refractivity contribution in [2.24, 2.45) is 0 Å². The van der Waals surface area contributed by atoms with Gasteiger partial charge in [0.15, 0.2) is 0 Å². The molecule has 0 fully saturated rings. The summed E-state index contributed by atoms with van der Waals surface area (Å²) in [6.45, 7) is 8.57. The van der Waals surface area contributed by atoms with Crippen LogP contribution in [-0.4, -0.2) is 0 Å². The topological polar surface area (TPSA) is 0 Å². The van der Waals surface area contributed by atoms with E-state index in [1.165, 1.54) is 27.3 Å². The highest BCUT2D eigenvalue weighted by Crippen LogP contribution is 2.30. The molecule has 0 atom stereocenters. The number of rotatable bonds is 3. The van der Waals surface area contributed by atoms with E-state index < -0.39 is 0 Å². The third-order valence-electron chi connectivity index (χ3n) is 2.60. The zero-order valence-corrected chi connectivity index (χ0v) is 13.3. The molecule has 0 unspecified atom stereocenters. The molecular formula is C18H24S. The molecule has 0 aliphatic rings. The molecular weight excluding hydrogens is 248 g/mol. The summed E-state index contributed by atoms with van der Waals surface area (Å²) in [7, 11) is 0. The molecule has 19 heavy (non-hydrogen) atoms. The molecule has 2 aromatic rings. The fourth-order valence-corrected chi connectivity index (χ4v) is 2.64. The molecule has 0 heterocycles. The summed E-state index contributed by atoms with van der Waals surface area (Å²) in [4.78, 5) is 2.68. The minimum atomic E-state index is 1.09. The second-order valence-electron chi connectivity index (χ2n) is 4.58. The quantitative estimate of drug-likeness (QED) is 0.648. The van der Waals surface area contributed by atoms with E-state index >= 15 is 0 Å². The van der Waals surface area contributed by atoms with Gasteiger partial charge in [0, 0.05) is 9.79 Å². The van der Waals surface area contributed by atoms with Crippen LogP contribution in [0.2, 0.25) is 0 Å². The monoisotopic (exact) mass is 272 g/mol. The molecule has 2 rings (SSSR count). The molecule has 0 nitrogen and oxygen atoms in total. The van der Waals surface area contributed by atoms with Crippen molar-refractivity contribution in [2.45, 2.75) is 50.3 Å². The average molecular weight is 272 g/mol. The zero-order valence-electron chi connectivity index (χ0n) is 12.4. The van der Waals surface area contributed by atoms with Crippen LogP contribution in [0, 0.1) is 6.92 Å². The Morgan fingerprint density at radius 2 is 1.42 bits per heavy atom. The van der Waals surface area contributed by atoms with Crippen molar-refractivity contribution < 1.29 is 0 Å². The molecule has 0 aromatic heterocycles. The Morgan fingerprint density at radius 3 is 2.00 bits per heavy atom. The van der Waals surface area contributed by atoms with Crippen LogP contribution in [0.5, 0.6) is 0 Å². The van der Waals surface area contributed by atoms with E-state index in [0.29, 0.717) is 0 Å². The van der Waals surface area contributed by atoms with Gasteiger partial charge in [0.05, 0.1) is 0 Å². The molecule has 0 N–H and O–H groups in total. The second kappa shape index (κ2) is 8.82. The summed E-state index contributed by atoms with van der Waals surface area (Å²) in [6.07, 6.45) is 2.34. The van der Waals surface area contributed by atoms with Gasteiger partial charge in [-0.2, -0.15) is 0 Å². The lowest BCUT2D eigenvalue weighted by Gasteiger charge is -2.07. The van der Waals surface area contributed by atoms with E-state index in [-0.39, 0.29) is 0 Å². The third-order valence-corrected chi connectivity index (χ3v) is 3.73. The van der Waals surface area contributed by atoms with Crippen LogP contribution in [0.15, 0.2) is 58.3 Å². The van der Waals surface area contributed by atoms with Crippen LogP contribution in [0.4, 0.5) is 0 Å². The Labute approximate surface area is 122 Å². The van der Waals surface area contributed by atoms with Gasteiger partial charge in [0.1, 0.15) is 0 Å². The first-order valence-electron chi connectivity index (χ1n) is 7.03. The second-order valence-corrected chi connectivity index (χ2v) is 5.70. The molecule has 0 spiro atoms. The van der Waals surface area contributed by atoms with Crippen LogP contribution in [0.3, 0.4) is 0 Å². The largest absolute Gasteiger partial charge is 0.0898 e. The molecule has 0 saturated carbocycles. The van der Waals surface area contributed by atoms with Crippen molar-refractivity contribution >= 4 is 11.8 Å². The van der Waals surface area contributed by atoms with E-state index in [0.717, 1.165) is 6.42 Å². The molecule has 0 amide bonds. The van der Waals surface area contributed by atoms with Gasteiger partial charge in [-0.25, -0.2) is 0 Å². The Balaban J connectivity index is 0.000000550. The Morgan fingerprint density at radius 1 is 0.842 bits per heavy atom. The number of aryl methyl sites for hydroxylation is 2. The van der Waals surface area contributed by atoms with Gasteiger partial charge < -0.3 is 0 Å². The maximum absolute atomic E-state index is 2.20. The standard InChI is InChI=1S/C15H16S.C3H8/c1-3-13-6-4-5-7-15(13)16-14-10-8-12(2)9-11-14;1-3-2/h4-11H,3H2,1-2H3;3H2,1-2H3. The van der Waals surface area contributed by atoms with Crippen LogP contribution >= 0.6 is 11.8 Å². The smallest absolute Gasteiger partial charge is 0.0154 e. The molecule has 0 aliphatic heterocycles. The van der Waals surface area contributed by atoms with Crippen LogP contribution in [-0.2, 0) is 6.42 Å². The first-order valence-corrected chi connectivity index (χ1v) is 7.85. The lowest BCUT2D eigenvalue weighted by atomic mass is 10.2. The van der Waals surface area contributed by atoms with Gasteiger partial charge in [-0.3, -0.25) is 0 Å². The lowest BCUT2D eigenvalue weighted by Crippen LogP contribution is -1.84. The van der Waals surface area contributed by atoms with Gasteiger partial charge in [0.25, 0.3) is 0 Å². The highest BCUT2D eigenvalue weighted by molar-refractivity contribution is 7.99. The van der Waals surface area contributed by atoms with Crippen LogP contribution in [0.1, 0.15) is 38.3 Å². The number of hydrogen-bond acceptors (Lipinski definition) is 1. The SMILES string of the molecule is CCC.CCc1ccccc1Sc1ccc(C)cc1.